The molecule has 0 saturated carbocycles. The van der Waals surface area contributed by atoms with E-state index in [1.54, 1.807) is 7.11 Å². The van der Waals surface area contributed by atoms with Crippen molar-refractivity contribution in [3.63, 3.8) is 0 Å². The molecule has 0 aliphatic carbocycles. The third-order valence-corrected chi connectivity index (χ3v) is 0.896. The largest absolute Gasteiger partial charge is 0.551 e. The van der Waals surface area contributed by atoms with Gasteiger partial charge in [0.2, 0.25) is 0 Å². The van der Waals surface area contributed by atoms with Crippen LogP contribution in [0.5, 0.6) is 0 Å². The van der Waals surface area contributed by atoms with Crippen LogP contribution in [0.1, 0.15) is 13.3 Å². The van der Waals surface area contributed by atoms with E-state index in [-0.39, 0.29) is 0 Å². The van der Waals surface area contributed by atoms with E-state index in [1.165, 1.54) is 0 Å². The monoisotopic (exact) mass is 126 g/mol. The first kappa shape index (κ1) is 8.63. The third-order valence-electron chi connectivity index (χ3n) is 0.896. The van der Waals surface area contributed by atoms with Crippen LogP contribution < -0.4 is 0 Å². The summed E-state index contributed by atoms with van der Waals surface area (Å²) in [6.45, 7) is 2.07. The molecule has 0 amide bonds. The van der Waals surface area contributed by atoms with E-state index in [4.69, 9.17) is 9.31 Å². The topological polar surface area (TPSA) is 18.5 Å². The maximum absolute atomic E-state index is 5.07. The summed E-state index contributed by atoms with van der Waals surface area (Å²) in [7, 11) is 3.88. The van der Waals surface area contributed by atoms with Gasteiger partial charge in [0.25, 0.3) is 0 Å². The molecule has 0 aromatic carbocycles. The van der Waals surface area contributed by atoms with Crippen molar-refractivity contribution in [1.29, 1.82) is 0 Å². The first-order valence-electron chi connectivity index (χ1n) is 3.09. The summed E-state index contributed by atoms with van der Waals surface area (Å²) in [6, 6.07) is 0. The first-order chi connectivity index (χ1) is 4.31. The normalized spacial score (nSPS) is 11.1. The van der Waals surface area contributed by atoms with Gasteiger partial charge in [0.05, 0.1) is 0 Å². The van der Waals surface area contributed by atoms with Gasteiger partial charge in [0.15, 0.2) is 7.85 Å². The van der Waals surface area contributed by atoms with Crippen molar-refractivity contribution < 1.29 is 9.31 Å². The highest BCUT2D eigenvalue weighted by molar-refractivity contribution is 6.26. The fourth-order valence-corrected chi connectivity index (χ4v) is 0.498. The Balaban J connectivity index is 3.25. The van der Waals surface area contributed by atoms with E-state index >= 15 is 0 Å². The molecule has 0 N–H and O–H groups in total. The van der Waals surface area contributed by atoms with Crippen molar-refractivity contribution in [3.05, 3.63) is 11.7 Å². The first-order valence-corrected chi connectivity index (χ1v) is 3.09. The summed E-state index contributed by atoms with van der Waals surface area (Å²) in [6.07, 6.45) is 3.02. The maximum atomic E-state index is 5.07. The number of hydrogen-bond donors (Lipinski definition) is 0. The molecule has 0 heterocycles. The smallest absolute Gasteiger partial charge is 0.505 e. The molecule has 0 aliphatic heterocycles. The fraction of sp³-hybridized carbons (Fsp3) is 0.600. The van der Waals surface area contributed by atoms with E-state index in [9.17, 15) is 0 Å². The van der Waals surface area contributed by atoms with Gasteiger partial charge < -0.3 is 9.31 Å². The van der Waals surface area contributed by atoms with Gasteiger partial charge in [-0.2, -0.15) is 0 Å². The molecule has 2 nitrogen and oxygen atoms in total. The van der Waals surface area contributed by atoms with Crippen molar-refractivity contribution in [2.24, 2.45) is 0 Å². The van der Waals surface area contributed by atoms with Crippen LogP contribution in [0.25, 0.3) is 0 Å². The molecular weight excluding hydrogens is 114 g/mol. The summed E-state index contributed by atoms with van der Waals surface area (Å²) in [5.41, 5.74) is 0.930. The highest BCUT2D eigenvalue weighted by Gasteiger charge is 1.88. The van der Waals surface area contributed by atoms with Gasteiger partial charge in [-0.15, -0.1) is 0 Å². The lowest BCUT2D eigenvalue weighted by molar-refractivity contribution is 0.330. The van der Waals surface area contributed by atoms with Crippen LogP contribution in [0.2, 0.25) is 0 Å². The Hall–Kier alpha value is -0.370. The molecule has 0 fully saturated rings. The van der Waals surface area contributed by atoms with E-state index in [0.717, 1.165) is 12.1 Å². The average molecular weight is 126 g/mol. The highest BCUT2D eigenvalue weighted by Crippen LogP contribution is 1.90. The van der Waals surface area contributed by atoms with E-state index in [1.807, 2.05) is 13.9 Å². The van der Waals surface area contributed by atoms with Crippen molar-refractivity contribution >= 4 is 15.5 Å². The van der Waals surface area contributed by atoms with Gasteiger partial charge in [-0.1, -0.05) is 13.0 Å². The zero-order chi connectivity index (χ0) is 7.11. The lowest BCUT2D eigenvalue weighted by Gasteiger charge is -2.01. The molecule has 0 radical (unpaired) electrons. The summed E-state index contributed by atoms with van der Waals surface area (Å²) < 4.78 is 9.77. The van der Waals surface area contributed by atoms with Crippen molar-refractivity contribution in [2.75, 3.05) is 7.11 Å². The standard InChI is InChI=1S/C5H12B2O2/c1-3-4-5(6)9-7-8-2/h4,7H,3,6H2,1-2H3/b5-4+. The van der Waals surface area contributed by atoms with E-state index in [0.29, 0.717) is 7.69 Å². The SMILES string of the molecule is B/C(=C\CC)OBOC. The van der Waals surface area contributed by atoms with Crippen LogP contribution in [-0.4, -0.2) is 22.6 Å². The molecule has 0 unspecified atom stereocenters. The highest BCUT2D eigenvalue weighted by atomic mass is 16.6. The molecular formula is C5H12B2O2. The minimum atomic E-state index is 0.350. The molecule has 0 spiro atoms. The van der Waals surface area contributed by atoms with Gasteiger partial charge >= 0.3 is 7.69 Å². The molecule has 0 bridgehead atoms. The van der Waals surface area contributed by atoms with E-state index < -0.39 is 0 Å². The van der Waals surface area contributed by atoms with Crippen molar-refractivity contribution in [1.82, 2.24) is 0 Å². The summed E-state index contributed by atoms with van der Waals surface area (Å²) in [5.74, 6) is 0. The van der Waals surface area contributed by atoms with Crippen molar-refractivity contribution in [2.45, 2.75) is 13.3 Å². The number of allylic oxidation sites excluding steroid dienone is 1. The fourth-order valence-electron chi connectivity index (χ4n) is 0.498. The molecule has 0 atom stereocenters. The lowest BCUT2D eigenvalue weighted by Crippen LogP contribution is -2.00. The molecule has 0 aromatic heterocycles. The molecule has 4 heteroatoms. The van der Waals surface area contributed by atoms with Crippen LogP contribution in [0.3, 0.4) is 0 Å². The predicted molar refractivity (Wildman–Crippen MR) is 42.2 cm³/mol. The van der Waals surface area contributed by atoms with Gasteiger partial charge in [0.1, 0.15) is 0 Å². The number of rotatable bonds is 4. The second-order valence-electron chi connectivity index (χ2n) is 1.77. The Morgan fingerprint density at radius 2 is 2.44 bits per heavy atom. The zero-order valence-electron chi connectivity index (χ0n) is 6.31. The van der Waals surface area contributed by atoms with Crippen LogP contribution in [0.4, 0.5) is 0 Å². The summed E-state index contributed by atoms with van der Waals surface area (Å²) in [5, 5.41) is 0. The molecule has 50 valence electrons. The third kappa shape index (κ3) is 5.50. The van der Waals surface area contributed by atoms with Crippen LogP contribution in [0, 0.1) is 0 Å². The Kier molecular flexibility index (Phi) is 5.52. The Bertz CT molecular complexity index is 93.0. The lowest BCUT2D eigenvalue weighted by atomic mass is 10.1. The molecule has 0 rings (SSSR count). The molecule has 0 aliphatic rings. The molecule has 9 heavy (non-hydrogen) atoms. The second-order valence-corrected chi connectivity index (χ2v) is 1.77. The zero-order valence-corrected chi connectivity index (χ0v) is 6.31. The quantitative estimate of drug-likeness (QED) is 0.383. The minimum Gasteiger partial charge on any atom is -0.551 e. The van der Waals surface area contributed by atoms with Crippen molar-refractivity contribution in [3.8, 4) is 0 Å². The molecule has 0 saturated heterocycles. The second kappa shape index (κ2) is 5.76. The van der Waals surface area contributed by atoms with Crippen LogP contribution >= 0.6 is 0 Å². The Morgan fingerprint density at radius 3 is 2.89 bits per heavy atom. The summed E-state index contributed by atoms with van der Waals surface area (Å²) in [4.78, 5) is 0. The maximum Gasteiger partial charge on any atom is 0.505 e. The van der Waals surface area contributed by atoms with Gasteiger partial charge in [-0.3, -0.25) is 0 Å². The number of hydrogen-bond acceptors (Lipinski definition) is 2. The summed E-state index contributed by atoms with van der Waals surface area (Å²) >= 11 is 0. The average Bonchev–Trinajstić information content (AvgIpc) is 1.85. The Morgan fingerprint density at radius 1 is 1.78 bits per heavy atom. The van der Waals surface area contributed by atoms with Crippen LogP contribution in [0.15, 0.2) is 11.7 Å². The van der Waals surface area contributed by atoms with Gasteiger partial charge in [-0.05, 0) is 6.42 Å². The Labute approximate surface area is 57.9 Å². The van der Waals surface area contributed by atoms with Gasteiger partial charge in [0, 0.05) is 12.8 Å². The minimum absolute atomic E-state index is 0.350. The van der Waals surface area contributed by atoms with Gasteiger partial charge in [-0.25, -0.2) is 0 Å². The van der Waals surface area contributed by atoms with E-state index in [2.05, 4.69) is 6.92 Å². The van der Waals surface area contributed by atoms with Crippen LogP contribution in [-0.2, 0) is 9.31 Å². The molecule has 0 aromatic rings. The predicted octanol–water partition coefficient (Wildman–Crippen LogP) is -0.200.